The first-order valence-corrected chi connectivity index (χ1v) is 9.68. The van der Waals surface area contributed by atoms with Crippen LogP contribution in [0.5, 0.6) is 0 Å². The third-order valence-electron chi connectivity index (χ3n) is 4.20. The van der Waals surface area contributed by atoms with E-state index in [0.717, 1.165) is 16.7 Å². The normalized spacial score (nSPS) is 12.5. The molecule has 0 aromatic heterocycles. The number of esters is 1. The Kier molecular flexibility index (Phi) is 8.95. The Morgan fingerprint density at radius 3 is 2.40 bits per heavy atom. The highest BCUT2D eigenvalue weighted by Crippen LogP contribution is 2.18. The lowest BCUT2D eigenvalue weighted by Crippen LogP contribution is -2.41. The van der Waals surface area contributed by atoms with Crippen molar-refractivity contribution in [2.24, 2.45) is 5.84 Å². The molecule has 30 heavy (non-hydrogen) atoms. The fourth-order valence-electron chi connectivity index (χ4n) is 2.68. The van der Waals surface area contributed by atoms with Crippen LogP contribution < -0.4 is 5.84 Å². The number of aliphatic hydroxyl groups excluding tert-OH is 1. The number of carbonyl (C=O) groups is 2. The number of hydrazine groups is 1. The van der Waals surface area contributed by atoms with Crippen LogP contribution >= 0.6 is 11.6 Å². The Hall–Kier alpha value is -2.77. The van der Waals surface area contributed by atoms with Crippen molar-refractivity contribution in [1.82, 2.24) is 5.01 Å². The van der Waals surface area contributed by atoms with Gasteiger partial charge in [0.05, 0.1) is 6.54 Å². The molecule has 7 heteroatoms. The average molecular weight is 429 g/mol. The largest absolute Gasteiger partial charge is 0.455 e. The summed E-state index contributed by atoms with van der Waals surface area (Å²) in [4.78, 5) is 23.9. The summed E-state index contributed by atoms with van der Waals surface area (Å²) in [5, 5.41) is 12.0. The molecule has 0 radical (unpaired) electrons. The standard InChI is InChI=1S/C23H25ClN2O4/c1-16(12-17(2)24)19-10-8-18(9-11-19)13-26(25)14-21(27)23(29)30-15-22(28)20-6-4-3-5-7-20/h3-12,21,27H,1,13-15,25H2,2H3. The van der Waals surface area contributed by atoms with Crippen molar-refractivity contribution < 1.29 is 19.4 Å². The quantitative estimate of drug-likeness (QED) is 0.198. The highest BCUT2D eigenvalue weighted by molar-refractivity contribution is 6.29. The van der Waals surface area contributed by atoms with Gasteiger partial charge >= 0.3 is 5.97 Å². The molecule has 2 aromatic carbocycles. The molecule has 6 nitrogen and oxygen atoms in total. The number of allylic oxidation sites excluding steroid dienone is 3. The summed E-state index contributed by atoms with van der Waals surface area (Å²) in [5.74, 6) is 4.67. The predicted molar refractivity (Wildman–Crippen MR) is 117 cm³/mol. The van der Waals surface area contributed by atoms with Crippen LogP contribution in [-0.4, -0.2) is 41.1 Å². The minimum absolute atomic E-state index is 0.138. The van der Waals surface area contributed by atoms with E-state index in [1.807, 2.05) is 24.3 Å². The SMILES string of the molecule is C=C(C=C(C)Cl)c1ccc(CN(N)CC(O)C(=O)OCC(=O)c2ccccc2)cc1. The highest BCUT2D eigenvalue weighted by Gasteiger charge is 2.20. The lowest BCUT2D eigenvalue weighted by molar-refractivity contribution is -0.153. The van der Waals surface area contributed by atoms with Gasteiger partial charge in [-0.2, -0.15) is 0 Å². The second-order valence-corrected chi connectivity index (χ2v) is 7.39. The van der Waals surface area contributed by atoms with Gasteiger partial charge in [0.1, 0.15) is 0 Å². The van der Waals surface area contributed by atoms with Crippen molar-refractivity contribution in [2.45, 2.75) is 19.6 Å². The zero-order valence-corrected chi connectivity index (χ0v) is 17.5. The third kappa shape index (κ3) is 7.57. The average Bonchev–Trinajstić information content (AvgIpc) is 2.72. The molecule has 1 unspecified atom stereocenters. The number of hydrogen-bond donors (Lipinski definition) is 2. The summed E-state index contributed by atoms with van der Waals surface area (Å²) >= 11 is 5.86. The van der Waals surface area contributed by atoms with Crippen molar-refractivity contribution in [3.8, 4) is 0 Å². The summed E-state index contributed by atoms with van der Waals surface area (Å²) in [7, 11) is 0. The van der Waals surface area contributed by atoms with Gasteiger partial charge in [-0.3, -0.25) is 10.6 Å². The summed E-state index contributed by atoms with van der Waals surface area (Å²) in [6, 6.07) is 16.0. The van der Waals surface area contributed by atoms with Crippen LogP contribution in [0.3, 0.4) is 0 Å². The van der Waals surface area contributed by atoms with E-state index < -0.39 is 18.7 Å². The number of halogens is 1. The minimum Gasteiger partial charge on any atom is -0.455 e. The summed E-state index contributed by atoms with van der Waals surface area (Å²) in [6.45, 7) is 5.47. The zero-order valence-electron chi connectivity index (χ0n) is 16.8. The van der Waals surface area contributed by atoms with Crippen LogP contribution in [0.25, 0.3) is 5.57 Å². The number of ketones is 1. The van der Waals surface area contributed by atoms with Crippen LogP contribution in [0.1, 0.15) is 28.4 Å². The molecule has 0 saturated heterocycles. The van der Waals surface area contributed by atoms with E-state index in [9.17, 15) is 14.7 Å². The van der Waals surface area contributed by atoms with Gasteiger partial charge in [0.25, 0.3) is 0 Å². The van der Waals surface area contributed by atoms with Gasteiger partial charge in [-0.1, -0.05) is 72.8 Å². The van der Waals surface area contributed by atoms with Gasteiger partial charge in [0.2, 0.25) is 0 Å². The lowest BCUT2D eigenvalue weighted by Gasteiger charge is -2.19. The molecule has 0 bridgehead atoms. The topological polar surface area (TPSA) is 92.9 Å². The van der Waals surface area contributed by atoms with Crippen molar-refractivity contribution in [1.29, 1.82) is 0 Å². The maximum absolute atomic E-state index is 12.0. The summed E-state index contributed by atoms with van der Waals surface area (Å²) in [6.07, 6.45) is 0.311. The van der Waals surface area contributed by atoms with E-state index in [4.69, 9.17) is 22.2 Å². The minimum atomic E-state index is -1.46. The van der Waals surface area contributed by atoms with E-state index in [2.05, 4.69) is 6.58 Å². The number of nitrogens with two attached hydrogens (primary N) is 1. The van der Waals surface area contributed by atoms with Gasteiger partial charge in [-0.15, -0.1) is 0 Å². The van der Waals surface area contributed by atoms with Crippen LogP contribution in [0.15, 0.2) is 72.3 Å². The fraction of sp³-hybridized carbons (Fsp3) is 0.217. The second-order valence-electron chi connectivity index (χ2n) is 6.80. The molecule has 0 saturated carbocycles. The third-order valence-corrected chi connectivity index (χ3v) is 4.31. The smallest absolute Gasteiger partial charge is 0.336 e. The van der Waals surface area contributed by atoms with Gasteiger partial charge in [0.15, 0.2) is 18.5 Å². The van der Waals surface area contributed by atoms with Crippen LogP contribution in [-0.2, 0) is 16.1 Å². The predicted octanol–water partition coefficient (Wildman–Crippen LogP) is 3.31. The first-order valence-electron chi connectivity index (χ1n) is 9.31. The number of benzene rings is 2. The van der Waals surface area contributed by atoms with Crippen molar-refractivity contribution in [3.05, 3.63) is 89.0 Å². The first kappa shape index (κ1) is 23.5. The van der Waals surface area contributed by atoms with Crippen LogP contribution in [0.4, 0.5) is 0 Å². The van der Waals surface area contributed by atoms with E-state index in [1.54, 1.807) is 43.3 Å². The molecular weight excluding hydrogens is 404 g/mol. The Morgan fingerprint density at radius 1 is 1.17 bits per heavy atom. The van der Waals surface area contributed by atoms with Gasteiger partial charge < -0.3 is 9.84 Å². The highest BCUT2D eigenvalue weighted by atomic mass is 35.5. The molecule has 0 fully saturated rings. The van der Waals surface area contributed by atoms with Crippen LogP contribution in [0, 0.1) is 0 Å². The van der Waals surface area contributed by atoms with Crippen LogP contribution in [0.2, 0.25) is 0 Å². The number of Topliss-reactive ketones (excluding diaryl/α,β-unsaturated/α-hetero) is 1. The van der Waals surface area contributed by atoms with Crippen molar-refractivity contribution in [3.63, 3.8) is 0 Å². The Labute approximate surface area is 181 Å². The molecule has 1 atom stereocenters. The zero-order chi connectivity index (χ0) is 22.1. The number of rotatable bonds is 10. The maximum atomic E-state index is 12.0. The molecule has 158 valence electrons. The van der Waals surface area contributed by atoms with E-state index in [-0.39, 0.29) is 12.3 Å². The Morgan fingerprint density at radius 2 is 1.80 bits per heavy atom. The number of aliphatic hydroxyl groups is 1. The number of nitrogens with zero attached hydrogens (tertiary/aromatic N) is 1. The molecule has 2 aromatic rings. The van der Waals surface area contributed by atoms with E-state index in [0.29, 0.717) is 17.1 Å². The number of ether oxygens (including phenoxy) is 1. The van der Waals surface area contributed by atoms with Gasteiger partial charge in [-0.25, -0.2) is 9.80 Å². The molecule has 0 spiro atoms. The molecule has 0 heterocycles. The summed E-state index contributed by atoms with van der Waals surface area (Å²) in [5.41, 5.74) is 3.04. The van der Waals surface area contributed by atoms with Crippen molar-refractivity contribution >= 4 is 28.9 Å². The fourth-order valence-corrected chi connectivity index (χ4v) is 2.82. The summed E-state index contributed by atoms with van der Waals surface area (Å²) < 4.78 is 4.90. The second kappa shape index (κ2) is 11.4. The molecular formula is C23H25ClN2O4. The van der Waals surface area contributed by atoms with Crippen molar-refractivity contribution in [2.75, 3.05) is 13.2 Å². The van der Waals surface area contributed by atoms with E-state index >= 15 is 0 Å². The molecule has 0 amide bonds. The molecule has 0 aliphatic heterocycles. The molecule has 2 rings (SSSR count). The molecule has 0 aliphatic rings. The monoisotopic (exact) mass is 428 g/mol. The van der Waals surface area contributed by atoms with Gasteiger partial charge in [-0.05, 0) is 29.7 Å². The molecule has 0 aliphatic carbocycles. The number of carbonyl (C=O) groups excluding carboxylic acids is 2. The first-order chi connectivity index (χ1) is 14.3. The Balaban J connectivity index is 1.81. The van der Waals surface area contributed by atoms with E-state index in [1.165, 1.54) is 5.01 Å². The maximum Gasteiger partial charge on any atom is 0.336 e. The number of hydrogen-bond acceptors (Lipinski definition) is 6. The van der Waals surface area contributed by atoms with Gasteiger partial charge in [0, 0.05) is 17.1 Å². The lowest BCUT2D eigenvalue weighted by atomic mass is 10.0. The molecule has 3 N–H and O–H groups in total. The Bertz CT molecular complexity index is 907.